The van der Waals surface area contributed by atoms with Crippen molar-refractivity contribution < 1.29 is 4.74 Å². The lowest BCUT2D eigenvalue weighted by atomic mass is 10.0. The van der Waals surface area contributed by atoms with Crippen LogP contribution in [0.25, 0.3) is 0 Å². The fourth-order valence-corrected chi connectivity index (χ4v) is 3.05. The van der Waals surface area contributed by atoms with E-state index in [1.54, 1.807) is 18.4 Å². The quantitative estimate of drug-likeness (QED) is 0.658. The summed E-state index contributed by atoms with van der Waals surface area (Å²) in [6, 6.07) is 8.25. The molecule has 0 amide bonds. The minimum absolute atomic E-state index is 0.0273. The predicted molar refractivity (Wildman–Crippen MR) is 76.0 cm³/mol. The summed E-state index contributed by atoms with van der Waals surface area (Å²) in [7, 11) is 1.69. The Morgan fingerprint density at radius 3 is 2.61 bits per heavy atom. The second-order valence-electron chi connectivity index (χ2n) is 4.31. The molecule has 18 heavy (non-hydrogen) atoms. The number of benzene rings is 1. The molecule has 3 N–H and O–H groups in total. The van der Waals surface area contributed by atoms with Gasteiger partial charge in [-0.1, -0.05) is 12.1 Å². The average Bonchev–Trinajstić information content (AvgIpc) is 2.78. The maximum absolute atomic E-state index is 5.73. The first-order valence-electron chi connectivity index (χ1n) is 5.82. The molecule has 1 aromatic carbocycles. The molecule has 0 aliphatic heterocycles. The minimum Gasteiger partial charge on any atom is -0.496 e. The Bertz CT molecular complexity index is 536. The lowest BCUT2D eigenvalue weighted by molar-refractivity contribution is 0.404. The highest BCUT2D eigenvalue weighted by Gasteiger charge is 2.19. The Hall–Kier alpha value is -1.36. The monoisotopic (exact) mass is 262 g/mol. The van der Waals surface area contributed by atoms with Crippen LogP contribution in [0.5, 0.6) is 5.75 Å². The Balaban J connectivity index is 2.48. The molecule has 1 unspecified atom stereocenters. The van der Waals surface area contributed by atoms with Crippen molar-refractivity contribution in [3.8, 4) is 5.75 Å². The molecule has 0 bridgehead atoms. The lowest BCUT2D eigenvalue weighted by Crippen LogP contribution is -2.29. The molecule has 0 saturated heterocycles. The Morgan fingerprint density at radius 2 is 2.06 bits per heavy atom. The van der Waals surface area contributed by atoms with Crippen LogP contribution in [0.15, 0.2) is 29.6 Å². The van der Waals surface area contributed by atoms with E-state index < -0.39 is 0 Å². The molecule has 0 spiro atoms. The maximum Gasteiger partial charge on any atom is 0.124 e. The van der Waals surface area contributed by atoms with Gasteiger partial charge in [-0.2, -0.15) is 0 Å². The number of hydrazine groups is 1. The van der Waals surface area contributed by atoms with Gasteiger partial charge >= 0.3 is 0 Å². The number of ether oxygens (including phenoxy) is 1. The Kier molecular flexibility index (Phi) is 4.01. The number of hydrogen-bond donors (Lipinski definition) is 2. The molecule has 0 aliphatic rings. The third kappa shape index (κ3) is 2.41. The number of aryl methyl sites for hydroxylation is 2. The van der Waals surface area contributed by atoms with E-state index in [1.807, 2.05) is 13.0 Å². The topological polar surface area (TPSA) is 47.3 Å². The number of rotatable bonds is 4. The van der Waals surface area contributed by atoms with Gasteiger partial charge in [0.05, 0.1) is 13.2 Å². The minimum atomic E-state index is -0.0273. The SMILES string of the molecule is COc1cc(C)ccc1C(NN)c1sccc1C. The first-order valence-corrected chi connectivity index (χ1v) is 6.70. The van der Waals surface area contributed by atoms with Crippen molar-refractivity contribution in [2.45, 2.75) is 19.9 Å². The van der Waals surface area contributed by atoms with E-state index in [0.717, 1.165) is 11.3 Å². The van der Waals surface area contributed by atoms with E-state index in [2.05, 4.69) is 35.9 Å². The summed E-state index contributed by atoms with van der Waals surface area (Å²) in [6.45, 7) is 4.14. The number of thiophene rings is 1. The molecular formula is C14H18N2OS. The highest BCUT2D eigenvalue weighted by Crippen LogP contribution is 2.34. The van der Waals surface area contributed by atoms with Gasteiger partial charge in [-0.25, -0.2) is 5.43 Å². The molecule has 0 aliphatic carbocycles. The summed E-state index contributed by atoms with van der Waals surface area (Å²) in [4.78, 5) is 1.22. The van der Waals surface area contributed by atoms with Gasteiger partial charge in [-0.15, -0.1) is 11.3 Å². The molecule has 2 rings (SSSR count). The van der Waals surface area contributed by atoms with E-state index in [9.17, 15) is 0 Å². The van der Waals surface area contributed by atoms with Gasteiger partial charge in [-0.05, 0) is 42.5 Å². The smallest absolute Gasteiger partial charge is 0.124 e. The number of methoxy groups -OCH3 is 1. The largest absolute Gasteiger partial charge is 0.496 e. The zero-order valence-corrected chi connectivity index (χ0v) is 11.7. The van der Waals surface area contributed by atoms with Gasteiger partial charge in [0.1, 0.15) is 5.75 Å². The van der Waals surface area contributed by atoms with Crippen LogP contribution in [0.4, 0.5) is 0 Å². The van der Waals surface area contributed by atoms with E-state index in [0.29, 0.717) is 0 Å². The van der Waals surface area contributed by atoms with Crippen LogP contribution in [0.3, 0.4) is 0 Å². The molecule has 96 valence electrons. The number of nitrogens with two attached hydrogens (primary N) is 1. The molecule has 4 heteroatoms. The van der Waals surface area contributed by atoms with E-state index in [1.165, 1.54) is 16.0 Å². The van der Waals surface area contributed by atoms with Crippen LogP contribution in [0.1, 0.15) is 27.6 Å². The van der Waals surface area contributed by atoms with Crippen LogP contribution >= 0.6 is 11.3 Å². The zero-order chi connectivity index (χ0) is 13.1. The van der Waals surface area contributed by atoms with Crippen molar-refractivity contribution in [2.24, 2.45) is 5.84 Å². The first kappa shape index (κ1) is 13.1. The van der Waals surface area contributed by atoms with Crippen molar-refractivity contribution >= 4 is 11.3 Å². The normalized spacial score (nSPS) is 12.4. The molecule has 3 nitrogen and oxygen atoms in total. The first-order chi connectivity index (χ1) is 8.67. The third-order valence-corrected chi connectivity index (χ3v) is 4.11. The number of nitrogens with one attached hydrogen (secondary N) is 1. The summed E-state index contributed by atoms with van der Waals surface area (Å²) in [5.74, 6) is 6.59. The summed E-state index contributed by atoms with van der Waals surface area (Å²) in [5.41, 5.74) is 6.37. The van der Waals surface area contributed by atoms with Crippen molar-refractivity contribution in [2.75, 3.05) is 7.11 Å². The van der Waals surface area contributed by atoms with Gasteiger partial charge in [0, 0.05) is 10.4 Å². The second kappa shape index (κ2) is 5.52. The van der Waals surface area contributed by atoms with Crippen LogP contribution in [0.2, 0.25) is 0 Å². The summed E-state index contributed by atoms with van der Waals surface area (Å²) in [6.07, 6.45) is 0. The molecular weight excluding hydrogens is 244 g/mol. The lowest BCUT2D eigenvalue weighted by Gasteiger charge is -2.19. The fraction of sp³-hybridized carbons (Fsp3) is 0.286. The molecule has 1 atom stereocenters. The van der Waals surface area contributed by atoms with Gasteiger partial charge in [0.2, 0.25) is 0 Å². The van der Waals surface area contributed by atoms with Crippen LogP contribution in [-0.4, -0.2) is 7.11 Å². The van der Waals surface area contributed by atoms with Crippen molar-refractivity contribution in [3.05, 3.63) is 51.2 Å². The second-order valence-corrected chi connectivity index (χ2v) is 5.26. The van der Waals surface area contributed by atoms with E-state index in [-0.39, 0.29) is 6.04 Å². The molecule has 0 radical (unpaired) electrons. The predicted octanol–water partition coefficient (Wildman–Crippen LogP) is 2.93. The van der Waals surface area contributed by atoms with Gasteiger partial charge in [0.15, 0.2) is 0 Å². The molecule has 0 fully saturated rings. The van der Waals surface area contributed by atoms with Gasteiger partial charge in [0.25, 0.3) is 0 Å². The molecule has 2 aromatic rings. The van der Waals surface area contributed by atoms with Gasteiger partial charge in [-0.3, -0.25) is 5.84 Å². The van der Waals surface area contributed by atoms with Crippen molar-refractivity contribution in [3.63, 3.8) is 0 Å². The third-order valence-electron chi connectivity index (χ3n) is 3.03. The summed E-state index contributed by atoms with van der Waals surface area (Å²) < 4.78 is 5.46. The standard InChI is InChI=1S/C14H18N2OS/c1-9-4-5-11(12(8-9)17-3)13(16-15)14-10(2)6-7-18-14/h4-8,13,16H,15H2,1-3H3. The van der Waals surface area contributed by atoms with Crippen LogP contribution in [0, 0.1) is 13.8 Å². The van der Waals surface area contributed by atoms with Crippen molar-refractivity contribution in [1.29, 1.82) is 0 Å². The van der Waals surface area contributed by atoms with Crippen LogP contribution < -0.4 is 16.0 Å². The molecule has 1 heterocycles. The molecule has 0 saturated carbocycles. The van der Waals surface area contributed by atoms with E-state index >= 15 is 0 Å². The fourth-order valence-electron chi connectivity index (χ4n) is 2.04. The van der Waals surface area contributed by atoms with Gasteiger partial charge < -0.3 is 4.74 Å². The summed E-state index contributed by atoms with van der Waals surface area (Å²) in [5, 5.41) is 2.08. The van der Waals surface area contributed by atoms with E-state index in [4.69, 9.17) is 10.6 Å². The molecule has 1 aromatic heterocycles. The average molecular weight is 262 g/mol. The van der Waals surface area contributed by atoms with Crippen molar-refractivity contribution in [1.82, 2.24) is 5.43 Å². The Labute approximate surface area is 112 Å². The Morgan fingerprint density at radius 1 is 1.28 bits per heavy atom. The highest BCUT2D eigenvalue weighted by molar-refractivity contribution is 7.10. The number of hydrogen-bond acceptors (Lipinski definition) is 4. The highest BCUT2D eigenvalue weighted by atomic mass is 32.1. The zero-order valence-electron chi connectivity index (χ0n) is 10.9. The summed E-state index contributed by atoms with van der Waals surface area (Å²) >= 11 is 1.70. The van der Waals surface area contributed by atoms with Crippen LogP contribution in [-0.2, 0) is 0 Å². The maximum atomic E-state index is 5.73.